The number of carbonyl (C=O) groups excluding carboxylic acids is 1. The summed E-state index contributed by atoms with van der Waals surface area (Å²) in [6, 6.07) is 18.2. The topological polar surface area (TPSA) is 26.3 Å². The van der Waals surface area contributed by atoms with Crippen molar-refractivity contribution in [2.24, 2.45) is 0 Å². The maximum absolute atomic E-state index is 12.2. The van der Waals surface area contributed by atoms with Gasteiger partial charge in [-0.3, -0.25) is 4.79 Å². The van der Waals surface area contributed by atoms with E-state index < -0.39 is 0 Å². The molecular formula is C21H26O2. The first-order valence-corrected chi connectivity index (χ1v) is 8.47. The summed E-state index contributed by atoms with van der Waals surface area (Å²) in [6.07, 6.45) is 2.06. The molecule has 122 valence electrons. The van der Waals surface area contributed by atoms with E-state index >= 15 is 0 Å². The van der Waals surface area contributed by atoms with Gasteiger partial charge >= 0.3 is 5.97 Å². The van der Waals surface area contributed by atoms with Gasteiger partial charge in [0.25, 0.3) is 0 Å². The summed E-state index contributed by atoms with van der Waals surface area (Å²) in [7, 11) is 0. The lowest BCUT2D eigenvalue weighted by Gasteiger charge is -2.17. The fourth-order valence-corrected chi connectivity index (χ4v) is 2.62. The molecule has 0 aliphatic rings. The molecule has 0 radical (unpaired) electrons. The van der Waals surface area contributed by atoms with Gasteiger partial charge in [-0.25, -0.2) is 0 Å². The van der Waals surface area contributed by atoms with Gasteiger partial charge in [-0.2, -0.15) is 0 Å². The fraction of sp³-hybridized carbons (Fsp3) is 0.381. The zero-order valence-corrected chi connectivity index (χ0v) is 14.3. The molecule has 23 heavy (non-hydrogen) atoms. The first-order chi connectivity index (χ1) is 11.1. The van der Waals surface area contributed by atoms with Crippen LogP contribution in [-0.4, -0.2) is 5.97 Å². The molecule has 2 heteroatoms. The van der Waals surface area contributed by atoms with Crippen LogP contribution in [0.5, 0.6) is 0 Å². The van der Waals surface area contributed by atoms with E-state index in [0.29, 0.717) is 12.3 Å². The second kappa shape index (κ2) is 8.52. The molecule has 0 aliphatic heterocycles. The molecule has 0 saturated carbocycles. The van der Waals surface area contributed by atoms with E-state index in [-0.39, 0.29) is 12.1 Å². The van der Waals surface area contributed by atoms with Crippen molar-refractivity contribution in [3.63, 3.8) is 0 Å². The third kappa shape index (κ3) is 4.95. The van der Waals surface area contributed by atoms with Crippen LogP contribution < -0.4 is 0 Å². The lowest BCUT2D eigenvalue weighted by molar-refractivity contribution is -0.148. The molecule has 2 aromatic carbocycles. The molecule has 0 N–H and O–H groups in total. The number of esters is 1. The van der Waals surface area contributed by atoms with Gasteiger partial charge in [-0.1, -0.05) is 75.4 Å². The maximum atomic E-state index is 12.2. The second-order valence-electron chi connectivity index (χ2n) is 6.03. The van der Waals surface area contributed by atoms with Crippen LogP contribution in [0.2, 0.25) is 0 Å². The minimum absolute atomic E-state index is 0.164. The second-order valence-corrected chi connectivity index (χ2v) is 6.03. The monoisotopic (exact) mass is 310 g/mol. The van der Waals surface area contributed by atoms with Gasteiger partial charge in [-0.05, 0) is 35.4 Å². The van der Waals surface area contributed by atoms with Crippen molar-refractivity contribution < 1.29 is 9.53 Å². The smallest absolute Gasteiger partial charge is 0.310 e. The Hall–Kier alpha value is -2.09. The summed E-state index contributed by atoms with van der Waals surface area (Å²) in [5, 5.41) is 0. The van der Waals surface area contributed by atoms with Gasteiger partial charge in [0.15, 0.2) is 0 Å². The Morgan fingerprint density at radius 3 is 2.13 bits per heavy atom. The average molecular weight is 310 g/mol. The van der Waals surface area contributed by atoms with Gasteiger partial charge in [0, 0.05) is 0 Å². The minimum Gasteiger partial charge on any atom is -0.457 e. The Morgan fingerprint density at radius 2 is 1.57 bits per heavy atom. The number of rotatable bonds is 7. The third-order valence-electron chi connectivity index (χ3n) is 4.33. The number of ether oxygens (including phenoxy) is 1. The molecule has 2 nitrogen and oxygen atoms in total. The summed E-state index contributed by atoms with van der Waals surface area (Å²) < 4.78 is 5.65. The highest BCUT2D eigenvalue weighted by atomic mass is 16.5. The van der Waals surface area contributed by atoms with Crippen LogP contribution in [0.15, 0.2) is 54.6 Å². The van der Waals surface area contributed by atoms with Crippen molar-refractivity contribution >= 4 is 5.97 Å². The zero-order valence-electron chi connectivity index (χ0n) is 14.3. The Kier molecular flexibility index (Phi) is 6.40. The van der Waals surface area contributed by atoms with Gasteiger partial charge in [0.1, 0.15) is 6.10 Å². The van der Waals surface area contributed by atoms with E-state index in [9.17, 15) is 4.79 Å². The van der Waals surface area contributed by atoms with Crippen molar-refractivity contribution in [1.29, 1.82) is 0 Å². The molecule has 0 bridgehead atoms. The van der Waals surface area contributed by atoms with Gasteiger partial charge in [0.05, 0.1) is 6.42 Å². The van der Waals surface area contributed by atoms with Crippen LogP contribution >= 0.6 is 0 Å². The Labute approximate surface area is 139 Å². The molecule has 2 aromatic rings. The first-order valence-electron chi connectivity index (χ1n) is 8.47. The van der Waals surface area contributed by atoms with E-state index in [1.807, 2.05) is 49.4 Å². The van der Waals surface area contributed by atoms with Gasteiger partial charge < -0.3 is 4.74 Å². The number of hydrogen-bond donors (Lipinski definition) is 0. The Balaban J connectivity index is 1.96. The van der Waals surface area contributed by atoms with Crippen molar-refractivity contribution in [3.05, 3.63) is 71.3 Å². The maximum Gasteiger partial charge on any atom is 0.310 e. The Morgan fingerprint density at radius 1 is 0.913 bits per heavy atom. The van der Waals surface area contributed by atoms with Crippen LogP contribution in [-0.2, 0) is 16.0 Å². The number of carbonyl (C=O) groups is 1. The van der Waals surface area contributed by atoms with Gasteiger partial charge in [0.2, 0.25) is 0 Å². The highest BCUT2D eigenvalue weighted by Crippen LogP contribution is 2.22. The quantitative estimate of drug-likeness (QED) is 0.637. The molecule has 0 heterocycles. The van der Waals surface area contributed by atoms with Crippen molar-refractivity contribution in [2.75, 3.05) is 0 Å². The molecular weight excluding hydrogens is 284 g/mol. The molecule has 2 unspecified atom stereocenters. The highest BCUT2D eigenvalue weighted by Gasteiger charge is 2.15. The molecule has 0 aromatic heterocycles. The zero-order chi connectivity index (χ0) is 16.7. The largest absolute Gasteiger partial charge is 0.457 e. The lowest BCUT2D eigenvalue weighted by atomic mass is 9.97. The van der Waals surface area contributed by atoms with Gasteiger partial charge in [-0.15, -0.1) is 0 Å². The summed E-state index contributed by atoms with van der Waals surface area (Å²) in [4.78, 5) is 12.2. The number of hydrogen-bond acceptors (Lipinski definition) is 2. The number of benzene rings is 2. The van der Waals surface area contributed by atoms with E-state index in [4.69, 9.17) is 4.74 Å². The molecule has 2 atom stereocenters. The highest BCUT2D eigenvalue weighted by molar-refractivity contribution is 5.72. The summed E-state index contributed by atoms with van der Waals surface area (Å²) in [6.45, 7) is 6.44. The van der Waals surface area contributed by atoms with E-state index in [1.54, 1.807) is 0 Å². The molecule has 0 amide bonds. The fourth-order valence-electron chi connectivity index (χ4n) is 2.62. The van der Waals surface area contributed by atoms with E-state index in [1.165, 1.54) is 5.56 Å². The molecule has 0 spiro atoms. The van der Waals surface area contributed by atoms with Crippen LogP contribution in [0.4, 0.5) is 0 Å². The van der Waals surface area contributed by atoms with Crippen molar-refractivity contribution in [3.8, 4) is 0 Å². The summed E-state index contributed by atoms with van der Waals surface area (Å²) in [5.41, 5.74) is 3.38. The molecule has 0 saturated heterocycles. The molecule has 0 aliphatic carbocycles. The normalized spacial score (nSPS) is 13.3. The predicted octanol–water partition coefficient (Wildman–Crippen LogP) is 5.44. The van der Waals surface area contributed by atoms with E-state index in [2.05, 4.69) is 26.0 Å². The first kappa shape index (κ1) is 17.3. The predicted molar refractivity (Wildman–Crippen MR) is 94.4 cm³/mol. The third-order valence-corrected chi connectivity index (χ3v) is 4.33. The summed E-state index contributed by atoms with van der Waals surface area (Å²) in [5.74, 6) is 0.385. The Bertz CT molecular complexity index is 601. The standard InChI is InChI=1S/C21H26O2/c1-4-16(3)18-13-11-17(12-14-18)15-21(22)23-20(5-2)19-9-7-6-8-10-19/h6-14,16,20H,4-5,15H2,1-3H3. The minimum atomic E-state index is -0.169. The van der Waals surface area contributed by atoms with Crippen LogP contribution in [0.3, 0.4) is 0 Å². The molecule has 2 rings (SSSR count). The van der Waals surface area contributed by atoms with Crippen LogP contribution in [0.1, 0.15) is 62.3 Å². The SMILES string of the molecule is CCC(C)c1ccc(CC(=O)OC(CC)c2ccccc2)cc1. The lowest BCUT2D eigenvalue weighted by Crippen LogP contribution is -2.13. The van der Waals surface area contributed by atoms with Crippen LogP contribution in [0, 0.1) is 0 Å². The summed E-state index contributed by atoms with van der Waals surface area (Å²) >= 11 is 0. The average Bonchev–Trinajstić information content (AvgIpc) is 2.60. The molecule has 0 fully saturated rings. The van der Waals surface area contributed by atoms with Crippen LogP contribution in [0.25, 0.3) is 0 Å². The van der Waals surface area contributed by atoms with E-state index in [0.717, 1.165) is 24.0 Å². The van der Waals surface area contributed by atoms with Crippen molar-refractivity contribution in [2.45, 2.75) is 52.1 Å². The van der Waals surface area contributed by atoms with Crippen molar-refractivity contribution in [1.82, 2.24) is 0 Å².